The Hall–Kier alpha value is -1.35. The second-order valence-corrected chi connectivity index (χ2v) is 4.80. The molecule has 2 aliphatic rings. The number of benzene rings is 1. The molecule has 2 aliphatic heterocycles. The van der Waals surface area contributed by atoms with E-state index >= 15 is 0 Å². The lowest BCUT2D eigenvalue weighted by Gasteiger charge is -2.17. The maximum absolute atomic E-state index is 4.53. The number of likely N-dealkylation sites (tertiary alicyclic amines) is 1. The topological polar surface area (TPSA) is 27.6 Å². The van der Waals surface area contributed by atoms with Crippen molar-refractivity contribution < 1.29 is 0 Å². The monoisotopic (exact) mass is 229 g/mol. The molecule has 0 spiro atoms. The number of aliphatic imine (C=N–C) groups is 1. The average Bonchev–Trinajstić information content (AvgIpc) is 3.01. The second kappa shape index (κ2) is 4.88. The molecule has 0 saturated carbocycles. The van der Waals surface area contributed by atoms with Crippen LogP contribution in [0.25, 0.3) is 0 Å². The second-order valence-electron chi connectivity index (χ2n) is 4.80. The zero-order valence-electron chi connectivity index (χ0n) is 10.2. The Morgan fingerprint density at radius 2 is 2.00 bits per heavy atom. The molecule has 0 aliphatic carbocycles. The third-order valence-electron chi connectivity index (χ3n) is 3.54. The van der Waals surface area contributed by atoms with Gasteiger partial charge in [0.05, 0.1) is 6.54 Å². The first-order valence-corrected chi connectivity index (χ1v) is 6.52. The highest BCUT2D eigenvalue weighted by molar-refractivity contribution is 6.00. The van der Waals surface area contributed by atoms with E-state index in [1.807, 2.05) is 0 Å². The molecule has 1 aromatic rings. The molecule has 2 heterocycles. The minimum absolute atomic E-state index is 0.910. The van der Waals surface area contributed by atoms with Crippen LogP contribution in [0, 0.1) is 0 Å². The Morgan fingerprint density at radius 3 is 2.76 bits per heavy atom. The number of rotatable bonds is 3. The molecular weight excluding hydrogens is 210 g/mol. The minimum Gasteiger partial charge on any atom is -0.368 e. The number of hydrogen-bond acceptors (Lipinski definition) is 3. The summed E-state index contributed by atoms with van der Waals surface area (Å²) >= 11 is 0. The van der Waals surface area contributed by atoms with Crippen LogP contribution < -0.4 is 5.32 Å². The van der Waals surface area contributed by atoms with Crippen molar-refractivity contribution in [2.75, 3.05) is 26.2 Å². The first-order valence-electron chi connectivity index (χ1n) is 6.52. The van der Waals surface area contributed by atoms with Crippen LogP contribution in [0.4, 0.5) is 0 Å². The lowest BCUT2D eigenvalue weighted by Crippen LogP contribution is -2.24. The van der Waals surface area contributed by atoms with Crippen molar-refractivity contribution in [3.8, 4) is 0 Å². The quantitative estimate of drug-likeness (QED) is 0.853. The Labute approximate surface area is 103 Å². The molecule has 1 saturated heterocycles. The smallest absolute Gasteiger partial charge is 0.128 e. The summed E-state index contributed by atoms with van der Waals surface area (Å²) in [4.78, 5) is 7.06. The summed E-state index contributed by atoms with van der Waals surface area (Å²) in [5, 5.41) is 3.37. The van der Waals surface area contributed by atoms with E-state index in [4.69, 9.17) is 0 Å². The Kier molecular flexibility index (Phi) is 3.10. The molecule has 3 heteroatoms. The van der Waals surface area contributed by atoms with Crippen LogP contribution in [0.2, 0.25) is 0 Å². The Morgan fingerprint density at radius 1 is 1.18 bits per heavy atom. The van der Waals surface area contributed by atoms with Crippen LogP contribution in [0.1, 0.15) is 24.0 Å². The van der Waals surface area contributed by atoms with E-state index in [1.54, 1.807) is 0 Å². The maximum Gasteiger partial charge on any atom is 0.128 e. The van der Waals surface area contributed by atoms with Gasteiger partial charge in [0.25, 0.3) is 0 Å². The molecule has 1 aromatic carbocycles. The summed E-state index contributed by atoms with van der Waals surface area (Å²) in [7, 11) is 0. The largest absolute Gasteiger partial charge is 0.368 e. The predicted octanol–water partition coefficient (Wildman–Crippen LogP) is 1.63. The number of nitrogens with zero attached hydrogens (tertiary/aromatic N) is 2. The van der Waals surface area contributed by atoms with E-state index in [-0.39, 0.29) is 0 Å². The van der Waals surface area contributed by atoms with Crippen molar-refractivity contribution in [2.45, 2.75) is 19.4 Å². The fourth-order valence-corrected chi connectivity index (χ4v) is 2.65. The van der Waals surface area contributed by atoms with Gasteiger partial charge in [-0.1, -0.05) is 24.3 Å². The summed E-state index contributed by atoms with van der Waals surface area (Å²) in [6, 6.07) is 8.65. The standard InChI is InChI=1S/C14H19N3/c1-2-6-13(14-15-7-8-16-14)12(5-1)11-17-9-3-4-10-17/h1-2,5-6H,3-4,7-11H2,(H,15,16). The maximum atomic E-state index is 4.53. The van der Waals surface area contributed by atoms with Gasteiger partial charge < -0.3 is 5.32 Å². The molecule has 90 valence electrons. The van der Waals surface area contributed by atoms with Crippen molar-refractivity contribution in [3.63, 3.8) is 0 Å². The summed E-state index contributed by atoms with van der Waals surface area (Å²) in [6.07, 6.45) is 2.70. The van der Waals surface area contributed by atoms with E-state index in [0.717, 1.165) is 25.5 Å². The van der Waals surface area contributed by atoms with Gasteiger partial charge >= 0.3 is 0 Å². The van der Waals surface area contributed by atoms with E-state index in [2.05, 4.69) is 39.5 Å². The lowest BCUT2D eigenvalue weighted by atomic mass is 10.1. The van der Waals surface area contributed by atoms with E-state index in [1.165, 1.54) is 37.1 Å². The summed E-state index contributed by atoms with van der Waals surface area (Å²) in [5.74, 6) is 1.08. The zero-order chi connectivity index (χ0) is 11.5. The van der Waals surface area contributed by atoms with Gasteiger partial charge in [-0.05, 0) is 31.5 Å². The molecule has 1 fully saturated rings. The van der Waals surface area contributed by atoms with Gasteiger partial charge in [-0.3, -0.25) is 9.89 Å². The van der Waals surface area contributed by atoms with Crippen LogP contribution in [-0.4, -0.2) is 36.9 Å². The van der Waals surface area contributed by atoms with Gasteiger partial charge in [0.15, 0.2) is 0 Å². The van der Waals surface area contributed by atoms with Crippen LogP contribution in [0.15, 0.2) is 29.3 Å². The first-order chi connectivity index (χ1) is 8.43. The van der Waals surface area contributed by atoms with Gasteiger partial charge in [0, 0.05) is 18.7 Å². The summed E-state index contributed by atoms with van der Waals surface area (Å²) in [6.45, 7) is 5.44. The summed E-state index contributed by atoms with van der Waals surface area (Å²) < 4.78 is 0. The highest BCUT2D eigenvalue weighted by Gasteiger charge is 2.16. The minimum atomic E-state index is 0.910. The molecule has 3 nitrogen and oxygen atoms in total. The Bertz CT molecular complexity index is 419. The number of amidine groups is 1. The van der Waals surface area contributed by atoms with Crippen LogP contribution in [0.5, 0.6) is 0 Å². The number of nitrogens with one attached hydrogen (secondary N) is 1. The zero-order valence-corrected chi connectivity index (χ0v) is 10.2. The van der Waals surface area contributed by atoms with Crippen molar-refractivity contribution in [3.05, 3.63) is 35.4 Å². The van der Waals surface area contributed by atoms with Crippen molar-refractivity contribution in [1.29, 1.82) is 0 Å². The fraction of sp³-hybridized carbons (Fsp3) is 0.500. The third kappa shape index (κ3) is 2.34. The van der Waals surface area contributed by atoms with E-state index in [0.29, 0.717) is 0 Å². The van der Waals surface area contributed by atoms with Gasteiger partial charge in [-0.25, -0.2) is 0 Å². The highest BCUT2D eigenvalue weighted by atomic mass is 15.1. The van der Waals surface area contributed by atoms with Gasteiger partial charge in [-0.2, -0.15) is 0 Å². The van der Waals surface area contributed by atoms with Crippen molar-refractivity contribution >= 4 is 5.84 Å². The van der Waals surface area contributed by atoms with E-state index in [9.17, 15) is 0 Å². The van der Waals surface area contributed by atoms with Gasteiger partial charge in [0.2, 0.25) is 0 Å². The normalized spacial score (nSPS) is 20.4. The Balaban J connectivity index is 1.82. The van der Waals surface area contributed by atoms with Crippen LogP contribution in [-0.2, 0) is 6.54 Å². The molecule has 17 heavy (non-hydrogen) atoms. The molecule has 3 rings (SSSR count). The van der Waals surface area contributed by atoms with Crippen molar-refractivity contribution in [2.24, 2.45) is 4.99 Å². The molecule has 0 atom stereocenters. The average molecular weight is 229 g/mol. The molecule has 0 amide bonds. The van der Waals surface area contributed by atoms with Gasteiger partial charge in [0.1, 0.15) is 5.84 Å². The number of hydrogen-bond donors (Lipinski definition) is 1. The van der Waals surface area contributed by atoms with Crippen LogP contribution >= 0.6 is 0 Å². The van der Waals surface area contributed by atoms with E-state index < -0.39 is 0 Å². The molecule has 1 N–H and O–H groups in total. The lowest BCUT2D eigenvalue weighted by molar-refractivity contribution is 0.331. The first kappa shape index (κ1) is 10.8. The van der Waals surface area contributed by atoms with Gasteiger partial charge in [-0.15, -0.1) is 0 Å². The molecule has 0 aromatic heterocycles. The SMILES string of the molecule is c1ccc(C2=NCCN2)c(CN2CCCC2)c1. The molecule has 0 radical (unpaired) electrons. The van der Waals surface area contributed by atoms with Crippen molar-refractivity contribution in [1.82, 2.24) is 10.2 Å². The molecular formula is C14H19N3. The van der Waals surface area contributed by atoms with Crippen LogP contribution in [0.3, 0.4) is 0 Å². The highest BCUT2D eigenvalue weighted by Crippen LogP contribution is 2.17. The molecule has 0 bridgehead atoms. The fourth-order valence-electron chi connectivity index (χ4n) is 2.65. The predicted molar refractivity (Wildman–Crippen MR) is 70.4 cm³/mol. The molecule has 0 unspecified atom stereocenters. The third-order valence-corrected chi connectivity index (χ3v) is 3.54. The summed E-state index contributed by atoms with van der Waals surface area (Å²) in [5.41, 5.74) is 2.69.